The molecule has 0 bridgehead atoms. The third-order valence-electron chi connectivity index (χ3n) is 3.11. The van der Waals surface area contributed by atoms with Crippen LogP contribution in [0.25, 0.3) is 0 Å². The summed E-state index contributed by atoms with van der Waals surface area (Å²) in [6.07, 6.45) is 3.47. The maximum absolute atomic E-state index is 5.16. The summed E-state index contributed by atoms with van der Waals surface area (Å²) in [5.41, 5.74) is 1.45. The van der Waals surface area contributed by atoms with Crippen molar-refractivity contribution >= 4 is 0 Å². The van der Waals surface area contributed by atoms with Gasteiger partial charge >= 0.3 is 0 Å². The summed E-state index contributed by atoms with van der Waals surface area (Å²) in [6, 6.07) is 1.19. The number of ether oxygens (including phenoxy) is 1. The van der Waals surface area contributed by atoms with Crippen molar-refractivity contribution in [3.63, 3.8) is 0 Å². The summed E-state index contributed by atoms with van der Waals surface area (Å²) in [5.74, 6) is 0. The predicted octanol–water partition coefficient (Wildman–Crippen LogP) is 1.65. The minimum Gasteiger partial charge on any atom is -0.380 e. The van der Waals surface area contributed by atoms with Crippen LogP contribution in [0.15, 0.2) is 11.6 Å². The van der Waals surface area contributed by atoms with Gasteiger partial charge in [-0.15, -0.1) is 0 Å². The van der Waals surface area contributed by atoms with Crippen molar-refractivity contribution in [1.82, 2.24) is 10.2 Å². The number of methoxy groups -OCH3 is 1. The number of hydrogen-bond donors (Lipinski definition) is 1. The van der Waals surface area contributed by atoms with Crippen molar-refractivity contribution in [2.45, 2.75) is 39.3 Å². The average molecular weight is 226 g/mol. The molecule has 0 saturated heterocycles. The highest BCUT2D eigenvalue weighted by Gasteiger charge is 2.16. The molecule has 0 aromatic heterocycles. The molecule has 0 spiro atoms. The van der Waals surface area contributed by atoms with Crippen LogP contribution in [0.3, 0.4) is 0 Å². The quantitative estimate of drug-likeness (QED) is 0.697. The molecule has 1 aliphatic heterocycles. The van der Waals surface area contributed by atoms with Gasteiger partial charge in [-0.3, -0.25) is 4.90 Å². The number of nitrogens with zero attached hydrogens (tertiary/aromatic N) is 1. The Kier molecular flexibility index (Phi) is 6.03. The first kappa shape index (κ1) is 13.7. The largest absolute Gasteiger partial charge is 0.380 e. The first-order chi connectivity index (χ1) is 7.63. The lowest BCUT2D eigenvalue weighted by Gasteiger charge is -2.32. The van der Waals surface area contributed by atoms with Crippen LogP contribution in [0, 0.1) is 0 Å². The molecule has 0 radical (unpaired) electrons. The summed E-state index contributed by atoms with van der Waals surface area (Å²) in [6.45, 7) is 10.8. The van der Waals surface area contributed by atoms with Gasteiger partial charge in [0.25, 0.3) is 0 Å². The molecule has 0 fully saturated rings. The third-order valence-corrected chi connectivity index (χ3v) is 3.11. The summed E-state index contributed by atoms with van der Waals surface area (Å²) >= 11 is 0. The van der Waals surface area contributed by atoms with Gasteiger partial charge < -0.3 is 10.1 Å². The predicted molar refractivity (Wildman–Crippen MR) is 68.7 cm³/mol. The van der Waals surface area contributed by atoms with Crippen molar-refractivity contribution in [3.05, 3.63) is 11.6 Å². The van der Waals surface area contributed by atoms with Crippen molar-refractivity contribution in [2.24, 2.45) is 0 Å². The van der Waals surface area contributed by atoms with Gasteiger partial charge in [0.05, 0.1) is 6.61 Å². The molecule has 0 aliphatic carbocycles. The fourth-order valence-corrected chi connectivity index (χ4v) is 1.98. The molecular weight excluding hydrogens is 200 g/mol. The van der Waals surface area contributed by atoms with Gasteiger partial charge in [0.2, 0.25) is 0 Å². The lowest BCUT2D eigenvalue weighted by Crippen LogP contribution is -2.44. The zero-order chi connectivity index (χ0) is 12.0. The van der Waals surface area contributed by atoms with Crippen molar-refractivity contribution in [2.75, 3.05) is 33.4 Å². The summed E-state index contributed by atoms with van der Waals surface area (Å²) in [4.78, 5) is 2.52. The van der Waals surface area contributed by atoms with E-state index in [1.807, 2.05) is 0 Å². The normalized spacial score (nSPS) is 19.9. The summed E-state index contributed by atoms with van der Waals surface area (Å²) < 4.78 is 5.16. The minimum atomic E-state index is 0.576. The number of nitrogens with one attached hydrogen (secondary N) is 1. The molecule has 0 amide bonds. The maximum Gasteiger partial charge on any atom is 0.0673 e. The molecule has 1 unspecified atom stereocenters. The maximum atomic E-state index is 5.16. The molecule has 1 N–H and O–H groups in total. The summed E-state index contributed by atoms with van der Waals surface area (Å²) in [5, 5.41) is 3.49. The van der Waals surface area contributed by atoms with Crippen molar-refractivity contribution < 1.29 is 4.74 Å². The molecule has 0 aromatic carbocycles. The minimum absolute atomic E-state index is 0.576. The Morgan fingerprint density at radius 1 is 1.44 bits per heavy atom. The lowest BCUT2D eigenvalue weighted by atomic mass is 10.1. The van der Waals surface area contributed by atoms with Crippen LogP contribution in [-0.4, -0.2) is 50.3 Å². The standard InChI is InChI=1S/C13H26N2O/c1-11(2)14-9-12(3)15-7-5-13(6-8-15)10-16-4/h5,11-12,14H,6-10H2,1-4H3. The molecule has 0 saturated carbocycles. The van der Waals surface area contributed by atoms with Crippen molar-refractivity contribution in [3.8, 4) is 0 Å². The third kappa shape index (κ3) is 4.64. The smallest absolute Gasteiger partial charge is 0.0673 e. The van der Waals surface area contributed by atoms with Gasteiger partial charge in [-0.05, 0) is 18.9 Å². The van der Waals surface area contributed by atoms with E-state index in [0.29, 0.717) is 12.1 Å². The average Bonchev–Trinajstić information content (AvgIpc) is 2.27. The molecule has 3 nitrogen and oxygen atoms in total. The van der Waals surface area contributed by atoms with E-state index in [0.717, 1.165) is 32.7 Å². The van der Waals surface area contributed by atoms with Crippen LogP contribution in [0.2, 0.25) is 0 Å². The van der Waals surface area contributed by atoms with Gasteiger partial charge in [-0.25, -0.2) is 0 Å². The monoisotopic (exact) mass is 226 g/mol. The van der Waals surface area contributed by atoms with E-state index in [1.165, 1.54) is 5.57 Å². The van der Waals surface area contributed by atoms with E-state index < -0.39 is 0 Å². The Morgan fingerprint density at radius 2 is 2.19 bits per heavy atom. The Labute approximate surface area is 99.8 Å². The first-order valence-corrected chi connectivity index (χ1v) is 6.27. The van der Waals surface area contributed by atoms with E-state index in [4.69, 9.17) is 4.74 Å². The highest BCUT2D eigenvalue weighted by Crippen LogP contribution is 2.13. The number of hydrogen-bond acceptors (Lipinski definition) is 3. The molecular formula is C13H26N2O. The van der Waals surface area contributed by atoms with E-state index in [1.54, 1.807) is 7.11 Å². The second-order valence-electron chi connectivity index (χ2n) is 4.95. The summed E-state index contributed by atoms with van der Waals surface area (Å²) in [7, 11) is 1.77. The van der Waals surface area contributed by atoms with E-state index in [-0.39, 0.29) is 0 Å². The first-order valence-electron chi connectivity index (χ1n) is 6.27. The fourth-order valence-electron chi connectivity index (χ4n) is 1.98. The number of rotatable bonds is 6. The van der Waals surface area contributed by atoms with Crippen LogP contribution >= 0.6 is 0 Å². The van der Waals surface area contributed by atoms with Crippen molar-refractivity contribution in [1.29, 1.82) is 0 Å². The van der Waals surface area contributed by atoms with Gasteiger partial charge in [-0.1, -0.05) is 19.9 Å². The van der Waals surface area contributed by atoms with Gasteiger partial charge in [0.15, 0.2) is 0 Å². The van der Waals surface area contributed by atoms with E-state index in [9.17, 15) is 0 Å². The zero-order valence-corrected chi connectivity index (χ0v) is 11.1. The Hall–Kier alpha value is -0.380. The van der Waals surface area contributed by atoms with Crippen LogP contribution in [-0.2, 0) is 4.74 Å². The Morgan fingerprint density at radius 3 is 2.69 bits per heavy atom. The van der Waals surface area contributed by atoms with E-state index in [2.05, 4.69) is 37.1 Å². The second-order valence-corrected chi connectivity index (χ2v) is 4.95. The van der Waals surface area contributed by atoms with Gasteiger partial charge in [0.1, 0.15) is 0 Å². The van der Waals surface area contributed by atoms with Crippen LogP contribution in [0.5, 0.6) is 0 Å². The van der Waals surface area contributed by atoms with Gasteiger partial charge in [0, 0.05) is 38.8 Å². The lowest BCUT2D eigenvalue weighted by molar-refractivity contribution is 0.191. The molecule has 3 heteroatoms. The van der Waals surface area contributed by atoms with Gasteiger partial charge in [-0.2, -0.15) is 0 Å². The van der Waals surface area contributed by atoms with Crippen LogP contribution in [0.1, 0.15) is 27.2 Å². The second kappa shape index (κ2) is 7.05. The molecule has 94 valence electrons. The highest BCUT2D eigenvalue weighted by atomic mass is 16.5. The SMILES string of the molecule is COCC1=CCN(C(C)CNC(C)C)CC1. The zero-order valence-electron chi connectivity index (χ0n) is 11.1. The Bertz CT molecular complexity index is 226. The highest BCUT2D eigenvalue weighted by molar-refractivity contribution is 5.08. The molecule has 1 rings (SSSR count). The molecule has 0 aromatic rings. The van der Waals surface area contributed by atoms with Crippen LogP contribution in [0.4, 0.5) is 0 Å². The topological polar surface area (TPSA) is 24.5 Å². The molecule has 1 atom stereocenters. The van der Waals surface area contributed by atoms with Crippen LogP contribution < -0.4 is 5.32 Å². The Balaban J connectivity index is 2.29. The molecule has 1 heterocycles. The van der Waals surface area contributed by atoms with E-state index >= 15 is 0 Å². The fraction of sp³-hybridized carbons (Fsp3) is 0.846. The molecule has 16 heavy (non-hydrogen) atoms. The molecule has 1 aliphatic rings.